The lowest BCUT2D eigenvalue weighted by atomic mass is 10.1. The predicted molar refractivity (Wildman–Crippen MR) is 98.6 cm³/mol. The van der Waals surface area contributed by atoms with E-state index in [1.54, 1.807) is 44.4 Å². The molecule has 0 fully saturated rings. The second-order valence-electron chi connectivity index (χ2n) is 5.78. The molecular weight excluding hydrogens is 350 g/mol. The number of amides is 1. The number of nitrogens with one attached hydrogen (secondary N) is 1. The van der Waals surface area contributed by atoms with E-state index >= 15 is 0 Å². The van der Waals surface area contributed by atoms with Gasteiger partial charge in [0.15, 0.2) is 6.61 Å². The van der Waals surface area contributed by atoms with Gasteiger partial charge in [-0.1, -0.05) is 18.2 Å². The van der Waals surface area contributed by atoms with Crippen LogP contribution in [-0.2, 0) is 25.6 Å². The molecule has 0 radical (unpaired) electrons. The van der Waals surface area contributed by atoms with E-state index in [1.807, 2.05) is 6.07 Å². The first-order valence-corrected chi connectivity index (χ1v) is 8.18. The minimum Gasteiger partial charge on any atom is -0.465 e. The molecule has 0 heterocycles. The summed E-state index contributed by atoms with van der Waals surface area (Å²) in [6, 6.07) is 11.6. The van der Waals surface area contributed by atoms with E-state index in [4.69, 9.17) is 9.47 Å². The number of methoxy groups -OCH3 is 2. The lowest BCUT2D eigenvalue weighted by Crippen LogP contribution is -2.21. The molecule has 0 bridgehead atoms. The fraction of sp³-hybridized carbons (Fsp3) is 0.250. The van der Waals surface area contributed by atoms with Crippen LogP contribution in [0.15, 0.2) is 42.5 Å². The molecule has 2 aromatic carbocycles. The summed E-state index contributed by atoms with van der Waals surface area (Å²) >= 11 is 0. The average Bonchev–Trinajstić information content (AvgIpc) is 2.67. The van der Waals surface area contributed by atoms with Crippen molar-refractivity contribution in [1.82, 2.24) is 0 Å². The Morgan fingerprint density at radius 1 is 0.963 bits per heavy atom. The van der Waals surface area contributed by atoms with Crippen LogP contribution in [0.25, 0.3) is 0 Å². The lowest BCUT2D eigenvalue weighted by Gasteiger charge is -2.11. The molecule has 0 saturated carbocycles. The van der Waals surface area contributed by atoms with Gasteiger partial charge in [0.05, 0.1) is 24.8 Å². The van der Waals surface area contributed by atoms with Gasteiger partial charge in [0.1, 0.15) is 0 Å². The number of anilines is 1. The average molecular weight is 371 g/mol. The second kappa shape index (κ2) is 9.49. The van der Waals surface area contributed by atoms with Gasteiger partial charge >= 0.3 is 11.9 Å². The van der Waals surface area contributed by atoms with E-state index in [-0.39, 0.29) is 0 Å². The Balaban J connectivity index is 1.97. The highest BCUT2D eigenvalue weighted by atomic mass is 16.5. The number of hydrogen-bond acceptors (Lipinski definition) is 6. The summed E-state index contributed by atoms with van der Waals surface area (Å²) in [6.45, 7) is 1.70. The van der Waals surface area contributed by atoms with Crippen LogP contribution in [-0.4, -0.2) is 38.7 Å². The minimum absolute atomic E-state index is 0.311. The molecule has 0 aliphatic carbocycles. The summed E-state index contributed by atoms with van der Waals surface area (Å²) in [5, 5.41) is 2.62. The third-order valence-corrected chi connectivity index (χ3v) is 3.74. The topological polar surface area (TPSA) is 90.9 Å². The van der Waals surface area contributed by atoms with Gasteiger partial charge in [-0.2, -0.15) is 0 Å². The number of aryl methyl sites for hydroxylation is 1. The Bertz CT molecular complexity index is 846. The number of benzene rings is 2. The molecule has 27 heavy (non-hydrogen) atoms. The molecule has 7 nitrogen and oxygen atoms in total. The number of hydrogen-bond donors (Lipinski definition) is 1. The van der Waals surface area contributed by atoms with E-state index in [9.17, 15) is 14.4 Å². The van der Waals surface area contributed by atoms with Crippen molar-refractivity contribution in [3.05, 3.63) is 64.7 Å². The highest BCUT2D eigenvalue weighted by molar-refractivity contribution is 5.97. The second-order valence-corrected chi connectivity index (χ2v) is 5.78. The van der Waals surface area contributed by atoms with E-state index in [0.717, 1.165) is 11.1 Å². The van der Waals surface area contributed by atoms with Crippen LogP contribution >= 0.6 is 0 Å². The van der Waals surface area contributed by atoms with Crippen molar-refractivity contribution in [2.75, 3.05) is 26.1 Å². The van der Waals surface area contributed by atoms with Crippen molar-refractivity contribution in [2.24, 2.45) is 0 Å². The van der Waals surface area contributed by atoms with Crippen molar-refractivity contribution in [3.63, 3.8) is 0 Å². The maximum Gasteiger partial charge on any atom is 0.338 e. The molecule has 0 aromatic heterocycles. The van der Waals surface area contributed by atoms with Crippen molar-refractivity contribution >= 4 is 23.5 Å². The van der Waals surface area contributed by atoms with E-state index in [1.165, 1.54) is 13.2 Å². The van der Waals surface area contributed by atoms with Crippen LogP contribution in [0, 0.1) is 6.92 Å². The molecule has 0 unspecified atom stereocenters. The summed E-state index contributed by atoms with van der Waals surface area (Å²) in [4.78, 5) is 35.8. The quantitative estimate of drug-likeness (QED) is 0.753. The van der Waals surface area contributed by atoms with Crippen molar-refractivity contribution in [1.29, 1.82) is 0 Å². The summed E-state index contributed by atoms with van der Waals surface area (Å²) in [7, 11) is 2.84. The number of esters is 2. The maximum atomic E-state index is 12.1. The number of ether oxygens (including phenoxy) is 3. The number of carbonyl (C=O) groups is 3. The normalized spacial score (nSPS) is 10.2. The molecule has 0 aliphatic heterocycles. The number of carbonyl (C=O) groups excluding carboxylic acids is 3. The van der Waals surface area contributed by atoms with E-state index < -0.39 is 24.5 Å². The first-order chi connectivity index (χ1) is 12.9. The largest absolute Gasteiger partial charge is 0.465 e. The summed E-state index contributed by atoms with van der Waals surface area (Å²) in [6.07, 6.45) is 0. The smallest absolute Gasteiger partial charge is 0.338 e. The molecule has 2 aromatic rings. The van der Waals surface area contributed by atoms with E-state index in [0.29, 0.717) is 23.4 Å². The Kier molecular flexibility index (Phi) is 7.08. The molecule has 0 atom stereocenters. The highest BCUT2D eigenvalue weighted by Gasteiger charge is 2.13. The fourth-order valence-electron chi connectivity index (χ4n) is 2.36. The first kappa shape index (κ1) is 20.1. The van der Waals surface area contributed by atoms with Crippen molar-refractivity contribution < 1.29 is 28.6 Å². The highest BCUT2D eigenvalue weighted by Crippen LogP contribution is 2.17. The number of rotatable bonds is 7. The van der Waals surface area contributed by atoms with Crippen LogP contribution in [0.2, 0.25) is 0 Å². The fourth-order valence-corrected chi connectivity index (χ4v) is 2.36. The van der Waals surface area contributed by atoms with Crippen LogP contribution in [0.5, 0.6) is 0 Å². The molecule has 0 aliphatic rings. The third-order valence-electron chi connectivity index (χ3n) is 3.74. The molecule has 0 spiro atoms. The van der Waals surface area contributed by atoms with Crippen LogP contribution in [0.1, 0.15) is 31.8 Å². The molecule has 1 N–H and O–H groups in total. The molecule has 2 rings (SSSR count). The molecular formula is C20H21NO6. The summed E-state index contributed by atoms with van der Waals surface area (Å²) in [5.74, 6) is -1.63. The van der Waals surface area contributed by atoms with Gasteiger partial charge in [-0.05, 0) is 42.3 Å². The Hall–Kier alpha value is -3.19. The first-order valence-electron chi connectivity index (χ1n) is 8.18. The Morgan fingerprint density at radius 3 is 2.41 bits per heavy atom. The zero-order valence-electron chi connectivity index (χ0n) is 15.4. The van der Waals surface area contributed by atoms with Crippen LogP contribution in [0.4, 0.5) is 5.69 Å². The standard InChI is InChI=1S/C20H21NO6/c1-13-7-8-16(19(23)26-3)10-17(13)21-18(22)12-27-20(24)15-6-4-5-14(9-15)11-25-2/h4-10H,11-12H2,1-3H3,(H,21,22). The van der Waals surface area contributed by atoms with Gasteiger partial charge in [-0.15, -0.1) is 0 Å². The zero-order chi connectivity index (χ0) is 19.8. The van der Waals surface area contributed by atoms with Crippen LogP contribution in [0.3, 0.4) is 0 Å². The zero-order valence-corrected chi connectivity index (χ0v) is 15.4. The van der Waals surface area contributed by atoms with Gasteiger partial charge in [-0.3, -0.25) is 4.79 Å². The minimum atomic E-state index is -0.608. The van der Waals surface area contributed by atoms with E-state index in [2.05, 4.69) is 10.1 Å². The SMILES string of the molecule is COCc1cccc(C(=O)OCC(=O)Nc2cc(C(=O)OC)ccc2C)c1. The van der Waals surface area contributed by atoms with Gasteiger partial charge in [-0.25, -0.2) is 9.59 Å². The molecule has 0 saturated heterocycles. The Labute approximate surface area is 157 Å². The summed E-state index contributed by atoms with van der Waals surface area (Å²) < 4.78 is 14.7. The summed E-state index contributed by atoms with van der Waals surface area (Å²) in [5.41, 5.74) is 2.67. The third kappa shape index (κ3) is 5.65. The van der Waals surface area contributed by atoms with Crippen LogP contribution < -0.4 is 5.32 Å². The predicted octanol–water partition coefficient (Wildman–Crippen LogP) is 2.72. The maximum absolute atomic E-state index is 12.1. The monoisotopic (exact) mass is 371 g/mol. The molecule has 7 heteroatoms. The van der Waals surface area contributed by atoms with Gasteiger partial charge < -0.3 is 19.5 Å². The molecule has 142 valence electrons. The molecule has 1 amide bonds. The van der Waals surface area contributed by atoms with Crippen molar-refractivity contribution in [3.8, 4) is 0 Å². The van der Waals surface area contributed by atoms with Gasteiger partial charge in [0.25, 0.3) is 5.91 Å². The van der Waals surface area contributed by atoms with Gasteiger partial charge in [0.2, 0.25) is 0 Å². The lowest BCUT2D eigenvalue weighted by molar-refractivity contribution is -0.119. The van der Waals surface area contributed by atoms with Crippen molar-refractivity contribution in [2.45, 2.75) is 13.5 Å². The Morgan fingerprint density at radius 2 is 1.70 bits per heavy atom. The van der Waals surface area contributed by atoms with Gasteiger partial charge in [0, 0.05) is 12.8 Å².